The molecule has 0 aliphatic heterocycles. The van der Waals surface area contributed by atoms with E-state index in [0.29, 0.717) is 13.1 Å². The minimum absolute atomic E-state index is 0.0624. The molecular formula is C7H19N3O2S. The minimum Gasteiger partial charge on any atom is -0.330 e. The lowest BCUT2D eigenvalue weighted by Crippen LogP contribution is -2.41. The van der Waals surface area contributed by atoms with Gasteiger partial charge in [0.25, 0.3) is 10.2 Å². The van der Waals surface area contributed by atoms with Gasteiger partial charge in [-0.05, 0) is 26.3 Å². The molecule has 1 atom stereocenters. The number of hydrogen-bond acceptors (Lipinski definition) is 3. The fourth-order valence-corrected chi connectivity index (χ4v) is 2.09. The molecule has 0 saturated carbocycles. The molecule has 0 spiro atoms. The van der Waals surface area contributed by atoms with Crippen LogP contribution in [0.15, 0.2) is 0 Å². The van der Waals surface area contributed by atoms with Gasteiger partial charge in [-0.25, -0.2) is 4.72 Å². The number of hydrogen-bond donors (Lipinski definition) is 3. The first-order valence-corrected chi connectivity index (χ1v) is 5.97. The standard InChI is InChI=1S/C7H19N3O2S/c1-3-9-13(11,12)10-7(2)5-4-6-8/h7,9-10H,3-6,8H2,1-2H3. The summed E-state index contributed by atoms with van der Waals surface area (Å²) in [5.41, 5.74) is 5.31. The molecule has 5 nitrogen and oxygen atoms in total. The van der Waals surface area contributed by atoms with Crippen molar-refractivity contribution in [2.75, 3.05) is 13.1 Å². The Morgan fingerprint density at radius 1 is 1.46 bits per heavy atom. The Morgan fingerprint density at radius 2 is 2.08 bits per heavy atom. The highest BCUT2D eigenvalue weighted by atomic mass is 32.2. The lowest BCUT2D eigenvalue weighted by atomic mass is 10.2. The first-order valence-electron chi connectivity index (χ1n) is 4.48. The minimum atomic E-state index is -3.30. The molecule has 0 bridgehead atoms. The van der Waals surface area contributed by atoms with E-state index in [1.165, 1.54) is 0 Å². The molecule has 0 heterocycles. The van der Waals surface area contributed by atoms with Crippen LogP contribution in [0.5, 0.6) is 0 Å². The van der Waals surface area contributed by atoms with Crippen LogP contribution in [0.4, 0.5) is 0 Å². The molecule has 0 amide bonds. The van der Waals surface area contributed by atoms with Crippen LogP contribution in [-0.4, -0.2) is 27.5 Å². The Balaban J connectivity index is 3.82. The monoisotopic (exact) mass is 209 g/mol. The van der Waals surface area contributed by atoms with Crippen LogP contribution in [0.3, 0.4) is 0 Å². The van der Waals surface area contributed by atoms with Gasteiger partial charge in [0.05, 0.1) is 0 Å². The van der Waals surface area contributed by atoms with Gasteiger partial charge >= 0.3 is 0 Å². The van der Waals surface area contributed by atoms with E-state index in [1.807, 2.05) is 6.92 Å². The summed E-state index contributed by atoms with van der Waals surface area (Å²) in [5, 5.41) is 0. The SMILES string of the molecule is CCNS(=O)(=O)NC(C)CCCN. The van der Waals surface area contributed by atoms with Crippen LogP contribution in [0.2, 0.25) is 0 Å². The maximum atomic E-state index is 11.2. The largest absolute Gasteiger partial charge is 0.330 e. The summed E-state index contributed by atoms with van der Waals surface area (Å²) >= 11 is 0. The Kier molecular flexibility index (Phi) is 6.23. The molecule has 0 aromatic heterocycles. The average molecular weight is 209 g/mol. The maximum Gasteiger partial charge on any atom is 0.277 e. The molecule has 0 fully saturated rings. The normalized spacial score (nSPS) is 14.4. The van der Waals surface area contributed by atoms with Crippen molar-refractivity contribution in [2.24, 2.45) is 5.73 Å². The molecule has 1 unspecified atom stereocenters. The van der Waals surface area contributed by atoms with E-state index in [-0.39, 0.29) is 6.04 Å². The summed E-state index contributed by atoms with van der Waals surface area (Å²) in [6.45, 7) is 4.56. The maximum absolute atomic E-state index is 11.2. The quantitative estimate of drug-likeness (QED) is 0.531. The summed E-state index contributed by atoms with van der Waals surface area (Å²) < 4.78 is 27.2. The number of nitrogens with two attached hydrogens (primary N) is 1. The highest BCUT2D eigenvalue weighted by Gasteiger charge is 2.11. The van der Waals surface area contributed by atoms with Gasteiger partial charge in [-0.3, -0.25) is 0 Å². The summed E-state index contributed by atoms with van der Waals surface area (Å²) in [6, 6.07) is -0.0624. The van der Waals surface area contributed by atoms with Crippen molar-refractivity contribution in [3.63, 3.8) is 0 Å². The first-order chi connectivity index (χ1) is 6.02. The third kappa shape index (κ3) is 6.94. The molecule has 80 valence electrons. The van der Waals surface area contributed by atoms with Gasteiger partial charge in [0.1, 0.15) is 0 Å². The van der Waals surface area contributed by atoms with Crippen molar-refractivity contribution >= 4 is 10.2 Å². The highest BCUT2D eigenvalue weighted by molar-refractivity contribution is 7.87. The molecule has 6 heteroatoms. The molecule has 0 aromatic rings. The van der Waals surface area contributed by atoms with Crippen LogP contribution in [0, 0.1) is 0 Å². The van der Waals surface area contributed by atoms with Crippen molar-refractivity contribution in [3.05, 3.63) is 0 Å². The smallest absolute Gasteiger partial charge is 0.277 e. The predicted molar refractivity (Wildman–Crippen MR) is 53.5 cm³/mol. The van der Waals surface area contributed by atoms with Gasteiger partial charge < -0.3 is 5.73 Å². The van der Waals surface area contributed by atoms with Crippen LogP contribution in [-0.2, 0) is 10.2 Å². The van der Waals surface area contributed by atoms with E-state index < -0.39 is 10.2 Å². The van der Waals surface area contributed by atoms with Gasteiger partial charge in [0.2, 0.25) is 0 Å². The van der Waals surface area contributed by atoms with Crippen molar-refractivity contribution in [2.45, 2.75) is 32.7 Å². The zero-order valence-corrected chi connectivity index (χ0v) is 9.02. The van der Waals surface area contributed by atoms with Crippen molar-refractivity contribution in [1.82, 2.24) is 9.44 Å². The van der Waals surface area contributed by atoms with Gasteiger partial charge in [0, 0.05) is 12.6 Å². The second-order valence-electron chi connectivity index (χ2n) is 2.95. The van der Waals surface area contributed by atoms with Crippen LogP contribution in [0.25, 0.3) is 0 Å². The summed E-state index contributed by atoms with van der Waals surface area (Å²) in [5.74, 6) is 0. The van der Waals surface area contributed by atoms with Gasteiger partial charge in [0.15, 0.2) is 0 Å². The summed E-state index contributed by atoms with van der Waals surface area (Å²) in [7, 11) is -3.30. The predicted octanol–water partition coefficient (Wildman–Crippen LogP) is -0.442. The molecular weight excluding hydrogens is 190 g/mol. The topological polar surface area (TPSA) is 84.2 Å². The summed E-state index contributed by atoms with van der Waals surface area (Å²) in [6.07, 6.45) is 1.59. The molecule has 13 heavy (non-hydrogen) atoms. The fraction of sp³-hybridized carbons (Fsp3) is 1.00. The molecule has 0 rings (SSSR count). The molecule has 0 aliphatic carbocycles. The fourth-order valence-electron chi connectivity index (χ4n) is 0.980. The van der Waals surface area contributed by atoms with Gasteiger partial charge in [-0.15, -0.1) is 0 Å². The van der Waals surface area contributed by atoms with E-state index in [4.69, 9.17) is 5.73 Å². The lowest BCUT2D eigenvalue weighted by molar-refractivity contribution is 0.529. The van der Waals surface area contributed by atoms with E-state index in [9.17, 15) is 8.42 Å². The van der Waals surface area contributed by atoms with E-state index in [1.54, 1.807) is 6.92 Å². The first kappa shape index (κ1) is 12.8. The number of rotatable bonds is 7. The summed E-state index contributed by atoms with van der Waals surface area (Å²) in [4.78, 5) is 0. The molecule has 0 aliphatic rings. The second kappa shape index (κ2) is 6.31. The Hall–Kier alpha value is -0.170. The lowest BCUT2D eigenvalue weighted by Gasteiger charge is -2.13. The molecule has 4 N–H and O–H groups in total. The second-order valence-corrected chi connectivity index (χ2v) is 4.48. The van der Waals surface area contributed by atoms with Gasteiger partial charge in [-0.1, -0.05) is 6.92 Å². The molecule has 0 radical (unpaired) electrons. The Morgan fingerprint density at radius 3 is 2.54 bits per heavy atom. The van der Waals surface area contributed by atoms with Crippen molar-refractivity contribution in [3.8, 4) is 0 Å². The molecule has 0 saturated heterocycles. The van der Waals surface area contributed by atoms with Gasteiger partial charge in [-0.2, -0.15) is 13.1 Å². The highest BCUT2D eigenvalue weighted by Crippen LogP contribution is 1.95. The zero-order valence-electron chi connectivity index (χ0n) is 8.21. The molecule has 0 aromatic carbocycles. The van der Waals surface area contributed by atoms with E-state index in [0.717, 1.165) is 12.8 Å². The third-order valence-corrected chi connectivity index (χ3v) is 2.91. The van der Waals surface area contributed by atoms with Crippen LogP contribution in [0.1, 0.15) is 26.7 Å². The third-order valence-electron chi connectivity index (χ3n) is 1.53. The zero-order chi connectivity index (χ0) is 10.3. The Labute approximate surface area is 80.3 Å². The van der Waals surface area contributed by atoms with Crippen LogP contribution < -0.4 is 15.2 Å². The Bertz CT molecular complexity index is 216. The van der Waals surface area contributed by atoms with Crippen molar-refractivity contribution in [1.29, 1.82) is 0 Å². The average Bonchev–Trinajstić information content (AvgIpc) is 1.99. The van der Waals surface area contributed by atoms with E-state index >= 15 is 0 Å². The van der Waals surface area contributed by atoms with Crippen molar-refractivity contribution < 1.29 is 8.42 Å². The van der Waals surface area contributed by atoms with Crippen LogP contribution >= 0.6 is 0 Å². The van der Waals surface area contributed by atoms with E-state index in [2.05, 4.69) is 9.44 Å². The number of nitrogens with one attached hydrogen (secondary N) is 2.